The first-order valence-corrected chi connectivity index (χ1v) is 13.3. The van der Waals surface area contributed by atoms with Crippen LogP contribution >= 0.6 is 39.1 Å². The lowest BCUT2D eigenvalue weighted by Crippen LogP contribution is -2.60. The van der Waals surface area contributed by atoms with Crippen molar-refractivity contribution in [1.29, 1.82) is 0 Å². The first-order chi connectivity index (χ1) is 16.3. The summed E-state index contributed by atoms with van der Waals surface area (Å²) in [5.41, 5.74) is 0.441. The molecule has 0 bridgehead atoms. The third-order valence-corrected chi connectivity index (χ3v) is 9.80. The van der Waals surface area contributed by atoms with Crippen molar-refractivity contribution in [3.63, 3.8) is 0 Å². The molecule has 4 aliphatic rings. The number of carbonyl (C=O) groups is 4. The van der Waals surface area contributed by atoms with E-state index in [1.165, 1.54) is 17.0 Å². The number of amides is 4. The first-order valence-electron chi connectivity index (χ1n) is 11.5. The van der Waals surface area contributed by atoms with Crippen LogP contribution in [0.1, 0.15) is 45.1 Å². The number of aromatic hydroxyl groups is 1. The van der Waals surface area contributed by atoms with Gasteiger partial charge in [-0.05, 0) is 57.2 Å². The van der Waals surface area contributed by atoms with Crippen LogP contribution in [-0.4, -0.2) is 59.3 Å². The van der Waals surface area contributed by atoms with Gasteiger partial charge < -0.3 is 5.11 Å². The molecule has 0 unspecified atom stereocenters. The summed E-state index contributed by atoms with van der Waals surface area (Å²) in [6.07, 6.45) is 2.15. The van der Waals surface area contributed by atoms with Crippen LogP contribution in [0.5, 0.6) is 5.75 Å². The van der Waals surface area contributed by atoms with Crippen LogP contribution in [0, 0.1) is 17.8 Å². The Morgan fingerprint density at radius 3 is 2.37 bits per heavy atom. The molecule has 186 valence electrons. The number of alkyl halides is 3. The fourth-order valence-corrected chi connectivity index (χ4v) is 7.92. The molecule has 1 aromatic rings. The van der Waals surface area contributed by atoms with E-state index >= 15 is 0 Å². The predicted octanol–water partition coefficient (Wildman–Crippen LogP) is 3.90. The summed E-state index contributed by atoms with van der Waals surface area (Å²) in [7, 11) is 0. The number of imide groups is 2. The summed E-state index contributed by atoms with van der Waals surface area (Å²) in [5.74, 6) is -4.54. The van der Waals surface area contributed by atoms with E-state index in [0.29, 0.717) is 17.6 Å². The summed E-state index contributed by atoms with van der Waals surface area (Å²) in [6, 6.07) is 6.35. The van der Waals surface area contributed by atoms with Crippen molar-refractivity contribution in [2.75, 3.05) is 5.45 Å². The van der Waals surface area contributed by atoms with Crippen LogP contribution in [0.15, 0.2) is 35.9 Å². The van der Waals surface area contributed by atoms with Gasteiger partial charge in [-0.2, -0.15) is 0 Å². The van der Waals surface area contributed by atoms with Crippen LogP contribution in [0.25, 0.3) is 0 Å². The van der Waals surface area contributed by atoms with E-state index < -0.39 is 50.8 Å². The maximum Gasteiger partial charge on any atom is 0.254 e. The van der Waals surface area contributed by atoms with Gasteiger partial charge in [0.05, 0.1) is 17.3 Å². The van der Waals surface area contributed by atoms with Crippen molar-refractivity contribution in [1.82, 2.24) is 9.80 Å². The maximum atomic E-state index is 13.7. The summed E-state index contributed by atoms with van der Waals surface area (Å²) in [4.78, 5) is 52.7. The molecule has 2 aliphatic carbocycles. The summed E-state index contributed by atoms with van der Waals surface area (Å²) in [6.45, 7) is 5.43. The second-order valence-electron chi connectivity index (χ2n) is 10.8. The van der Waals surface area contributed by atoms with Crippen LogP contribution in [-0.2, 0) is 19.2 Å². The third-order valence-electron chi connectivity index (χ3n) is 7.89. The van der Waals surface area contributed by atoms with E-state index in [4.69, 9.17) is 23.2 Å². The normalized spacial score (nSPS) is 36.8. The molecule has 1 saturated carbocycles. The summed E-state index contributed by atoms with van der Waals surface area (Å²) < 4.78 is 0. The Bertz CT molecular complexity index is 1210. The van der Waals surface area contributed by atoms with E-state index in [1.807, 2.05) is 26.8 Å². The Morgan fingerprint density at radius 2 is 1.77 bits per heavy atom. The molecule has 1 N–H and O–H groups in total. The molecule has 1 aromatic carbocycles. The highest BCUT2D eigenvalue weighted by atomic mass is 79.9. The first kappa shape index (κ1) is 24.8. The van der Waals surface area contributed by atoms with Crippen molar-refractivity contribution in [2.45, 2.75) is 54.8 Å². The lowest BCUT2D eigenvalue weighted by molar-refractivity contribution is -0.146. The molecule has 6 atom stereocenters. The van der Waals surface area contributed by atoms with Crippen LogP contribution in [0.4, 0.5) is 0 Å². The van der Waals surface area contributed by atoms with Gasteiger partial charge in [-0.15, -0.1) is 23.2 Å². The van der Waals surface area contributed by atoms with E-state index in [2.05, 4.69) is 15.9 Å². The fraction of sp³-hybridized carbons (Fsp3) is 0.520. The van der Waals surface area contributed by atoms with Crippen LogP contribution in [0.3, 0.4) is 0 Å². The molecule has 7 nitrogen and oxygen atoms in total. The molecule has 5 rings (SSSR count). The van der Waals surface area contributed by atoms with Gasteiger partial charge in [-0.1, -0.05) is 39.7 Å². The van der Waals surface area contributed by atoms with Crippen molar-refractivity contribution in [2.24, 2.45) is 17.8 Å². The van der Waals surface area contributed by atoms with Crippen LogP contribution < -0.4 is 0 Å². The third kappa shape index (κ3) is 3.08. The average Bonchev–Trinajstić information content (AvgIpc) is 3.12. The number of rotatable bonds is 2. The van der Waals surface area contributed by atoms with E-state index in [-0.39, 0.29) is 29.4 Å². The zero-order valence-electron chi connectivity index (χ0n) is 19.4. The molecule has 2 saturated heterocycles. The molecular weight excluding hydrogens is 559 g/mol. The number of fused-ring (bicyclic) bond motifs is 4. The monoisotopic (exact) mass is 582 g/mol. The van der Waals surface area contributed by atoms with E-state index in [0.717, 1.165) is 4.90 Å². The number of halogens is 3. The molecular formula is C25H25BrCl2N2O5. The second-order valence-corrected chi connectivity index (χ2v) is 12.5. The topological polar surface area (TPSA) is 95.0 Å². The molecule has 10 heteroatoms. The zero-order chi connectivity index (χ0) is 25.7. The minimum Gasteiger partial charge on any atom is -0.508 e. The van der Waals surface area contributed by atoms with Gasteiger partial charge in [-0.3, -0.25) is 29.0 Å². The zero-order valence-corrected chi connectivity index (χ0v) is 22.5. The molecule has 3 fully saturated rings. The fourth-order valence-electron chi connectivity index (χ4n) is 6.49. The second kappa shape index (κ2) is 7.80. The van der Waals surface area contributed by atoms with Crippen molar-refractivity contribution >= 4 is 62.8 Å². The number of phenolic OH excluding ortho intramolecular Hbond substituents is 1. The Labute approximate surface area is 221 Å². The molecule has 0 spiro atoms. The summed E-state index contributed by atoms with van der Waals surface area (Å²) >= 11 is 17.4. The van der Waals surface area contributed by atoms with Crippen molar-refractivity contribution in [3.8, 4) is 5.75 Å². The van der Waals surface area contributed by atoms with Crippen LogP contribution in [0.2, 0.25) is 0 Å². The Hall–Kier alpha value is -1.90. The van der Waals surface area contributed by atoms with Gasteiger partial charge in [0, 0.05) is 11.5 Å². The van der Waals surface area contributed by atoms with Gasteiger partial charge in [0.1, 0.15) is 5.75 Å². The Balaban J connectivity index is 1.72. The number of carbonyl (C=O) groups excluding carboxylic acids is 4. The number of nitrogens with zero attached hydrogens (tertiary/aromatic N) is 2. The Morgan fingerprint density at radius 1 is 1.09 bits per heavy atom. The molecule has 2 aliphatic heterocycles. The number of likely N-dealkylation sites (tertiary alicyclic amines) is 2. The standard InChI is InChI=1S/C25H25BrCl2N2O5/c1-23(2,3)30-19(32)15-8-7-14-16(17(15)20(30)33)10-24(27)21(34)29(11-26)22(35)25(24,28)18(14)12-5-4-6-13(31)9-12/h4-7,9,15-18,31H,8,10-11H2,1-3H3/t15-,16+,17-,18-,24+,25-/m0/s1. The number of benzene rings is 1. The molecule has 4 amide bonds. The van der Waals surface area contributed by atoms with Gasteiger partial charge in [0.15, 0.2) is 9.75 Å². The number of hydrogen-bond donors (Lipinski definition) is 1. The highest BCUT2D eigenvalue weighted by Gasteiger charge is 2.76. The molecule has 0 aromatic heterocycles. The lowest BCUT2D eigenvalue weighted by atomic mass is 9.56. The smallest absolute Gasteiger partial charge is 0.254 e. The molecule has 35 heavy (non-hydrogen) atoms. The predicted molar refractivity (Wildman–Crippen MR) is 133 cm³/mol. The quantitative estimate of drug-likeness (QED) is 0.247. The van der Waals surface area contributed by atoms with Gasteiger partial charge in [0.25, 0.3) is 11.8 Å². The summed E-state index contributed by atoms with van der Waals surface area (Å²) in [5, 5.41) is 10.2. The van der Waals surface area contributed by atoms with Gasteiger partial charge >= 0.3 is 0 Å². The lowest BCUT2D eigenvalue weighted by Gasteiger charge is -2.50. The number of phenols is 1. The van der Waals surface area contributed by atoms with Gasteiger partial charge in [-0.25, -0.2) is 0 Å². The average molecular weight is 584 g/mol. The number of hydrogen-bond acceptors (Lipinski definition) is 5. The minimum absolute atomic E-state index is 0.0282. The largest absolute Gasteiger partial charge is 0.508 e. The number of allylic oxidation sites excluding steroid dienone is 2. The molecule has 2 heterocycles. The minimum atomic E-state index is -1.86. The van der Waals surface area contributed by atoms with Gasteiger partial charge in [0.2, 0.25) is 11.8 Å². The van der Waals surface area contributed by atoms with Crippen molar-refractivity contribution in [3.05, 3.63) is 41.5 Å². The highest BCUT2D eigenvalue weighted by molar-refractivity contribution is 9.09. The highest BCUT2D eigenvalue weighted by Crippen LogP contribution is 2.65. The van der Waals surface area contributed by atoms with E-state index in [9.17, 15) is 24.3 Å². The van der Waals surface area contributed by atoms with E-state index in [1.54, 1.807) is 12.1 Å². The maximum absolute atomic E-state index is 13.7. The molecule has 0 radical (unpaired) electrons. The Kier molecular flexibility index (Phi) is 5.52. The SMILES string of the molecule is CC(C)(C)N1C(=O)[C@H]2[C@H](CC=C3[C@H]2C[C@@]2(Cl)C(=O)N(CBr)C(=O)[C@@]2(Cl)[C@H]3c2cccc(O)c2)C1=O. The van der Waals surface area contributed by atoms with Crippen molar-refractivity contribution < 1.29 is 24.3 Å².